The zero-order valence-electron chi connectivity index (χ0n) is 11.9. The van der Waals surface area contributed by atoms with Crippen LogP contribution >= 0.6 is 0 Å². The van der Waals surface area contributed by atoms with Gasteiger partial charge in [-0.1, -0.05) is 30.3 Å². The SMILES string of the molecule is CNCc1ccc(Cc2ccc3nc(C)[nH]c3c2)cc1. The van der Waals surface area contributed by atoms with Crippen LogP contribution in [0.3, 0.4) is 0 Å². The van der Waals surface area contributed by atoms with Crippen molar-refractivity contribution >= 4 is 11.0 Å². The minimum Gasteiger partial charge on any atom is -0.342 e. The molecule has 0 aliphatic heterocycles. The summed E-state index contributed by atoms with van der Waals surface area (Å²) in [7, 11) is 1.97. The summed E-state index contributed by atoms with van der Waals surface area (Å²) in [6.45, 7) is 2.90. The number of fused-ring (bicyclic) bond motifs is 1. The Morgan fingerprint density at radius 1 is 1.00 bits per heavy atom. The summed E-state index contributed by atoms with van der Waals surface area (Å²) in [5.41, 5.74) is 6.11. The van der Waals surface area contributed by atoms with E-state index in [9.17, 15) is 0 Å². The number of benzene rings is 2. The summed E-state index contributed by atoms with van der Waals surface area (Å²) in [6.07, 6.45) is 0.952. The molecule has 3 aromatic rings. The summed E-state index contributed by atoms with van der Waals surface area (Å²) < 4.78 is 0. The average Bonchev–Trinajstić information content (AvgIpc) is 2.81. The van der Waals surface area contributed by atoms with Crippen LogP contribution in [0.2, 0.25) is 0 Å². The van der Waals surface area contributed by atoms with Crippen LogP contribution < -0.4 is 5.32 Å². The number of nitrogens with one attached hydrogen (secondary N) is 2. The van der Waals surface area contributed by atoms with Crippen molar-refractivity contribution in [1.82, 2.24) is 15.3 Å². The molecule has 0 unspecified atom stereocenters. The first-order valence-electron chi connectivity index (χ1n) is 6.92. The second-order valence-electron chi connectivity index (χ2n) is 5.20. The number of aromatic nitrogens is 2. The molecule has 2 aromatic carbocycles. The van der Waals surface area contributed by atoms with Gasteiger partial charge in [0.1, 0.15) is 5.82 Å². The molecule has 0 aliphatic rings. The highest BCUT2D eigenvalue weighted by atomic mass is 14.9. The van der Waals surface area contributed by atoms with Crippen molar-refractivity contribution in [2.24, 2.45) is 0 Å². The fourth-order valence-electron chi connectivity index (χ4n) is 2.51. The van der Waals surface area contributed by atoms with Gasteiger partial charge in [-0.05, 0) is 49.2 Å². The Balaban J connectivity index is 1.81. The zero-order chi connectivity index (χ0) is 13.9. The van der Waals surface area contributed by atoms with Gasteiger partial charge in [-0.3, -0.25) is 0 Å². The van der Waals surface area contributed by atoms with Crippen LogP contribution in [0.15, 0.2) is 42.5 Å². The lowest BCUT2D eigenvalue weighted by Crippen LogP contribution is -2.04. The van der Waals surface area contributed by atoms with E-state index in [-0.39, 0.29) is 0 Å². The van der Waals surface area contributed by atoms with E-state index >= 15 is 0 Å². The molecule has 0 amide bonds. The first-order chi connectivity index (χ1) is 9.74. The maximum absolute atomic E-state index is 4.43. The third-order valence-corrected chi connectivity index (χ3v) is 3.48. The molecule has 0 atom stereocenters. The summed E-state index contributed by atoms with van der Waals surface area (Å²) in [4.78, 5) is 7.72. The summed E-state index contributed by atoms with van der Waals surface area (Å²) in [6, 6.07) is 15.2. The summed E-state index contributed by atoms with van der Waals surface area (Å²) >= 11 is 0. The van der Waals surface area contributed by atoms with Crippen molar-refractivity contribution in [3.8, 4) is 0 Å². The molecule has 0 spiro atoms. The molecule has 3 nitrogen and oxygen atoms in total. The van der Waals surface area contributed by atoms with Crippen LogP contribution in [0.1, 0.15) is 22.5 Å². The highest BCUT2D eigenvalue weighted by Gasteiger charge is 2.02. The van der Waals surface area contributed by atoms with E-state index in [4.69, 9.17) is 0 Å². The highest BCUT2D eigenvalue weighted by Crippen LogP contribution is 2.17. The largest absolute Gasteiger partial charge is 0.342 e. The number of aryl methyl sites for hydroxylation is 1. The van der Waals surface area contributed by atoms with Gasteiger partial charge >= 0.3 is 0 Å². The first-order valence-corrected chi connectivity index (χ1v) is 6.92. The van der Waals surface area contributed by atoms with Crippen molar-refractivity contribution in [3.05, 3.63) is 65.0 Å². The Morgan fingerprint density at radius 3 is 2.45 bits per heavy atom. The van der Waals surface area contributed by atoms with Gasteiger partial charge < -0.3 is 10.3 Å². The number of hydrogen-bond acceptors (Lipinski definition) is 2. The lowest BCUT2D eigenvalue weighted by molar-refractivity contribution is 0.817. The second-order valence-corrected chi connectivity index (χ2v) is 5.20. The van der Waals surface area contributed by atoms with Gasteiger partial charge in [-0.25, -0.2) is 4.98 Å². The molecule has 3 heteroatoms. The van der Waals surface area contributed by atoms with Gasteiger partial charge in [0.05, 0.1) is 11.0 Å². The fraction of sp³-hybridized carbons (Fsp3) is 0.235. The van der Waals surface area contributed by atoms with E-state index in [2.05, 4.69) is 57.7 Å². The molecular weight excluding hydrogens is 246 g/mol. The van der Waals surface area contributed by atoms with Gasteiger partial charge in [0.25, 0.3) is 0 Å². The minimum atomic E-state index is 0.916. The van der Waals surface area contributed by atoms with Crippen LogP contribution in [-0.2, 0) is 13.0 Å². The van der Waals surface area contributed by atoms with Crippen LogP contribution in [0.5, 0.6) is 0 Å². The number of rotatable bonds is 4. The molecule has 3 rings (SSSR count). The van der Waals surface area contributed by atoms with Crippen LogP contribution in [0.25, 0.3) is 11.0 Å². The van der Waals surface area contributed by atoms with E-state index in [1.54, 1.807) is 0 Å². The minimum absolute atomic E-state index is 0.916. The van der Waals surface area contributed by atoms with Crippen molar-refractivity contribution in [3.63, 3.8) is 0 Å². The Bertz CT molecular complexity index is 711. The zero-order valence-corrected chi connectivity index (χ0v) is 11.9. The lowest BCUT2D eigenvalue weighted by atomic mass is 10.0. The molecule has 0 aliphatic carbocycles. The standard InChI is InChI=1S/C17H19N3/c1-12-19-16-8-7-15(10-17(16)20-12)9-13-3-5-14(6-4-13)11-18-2/h3-8,10,18H,9,11H2,1-2H3,(H,19,20). The van der Waals surface area contributed by atoms with Crippen molar-refractivity contribution in [2.45, 2.75) is 19.9 Å². The summed E-state index contributed by atoms with van der Waals surface area (Å²) in [5, 5.41) is 3.16. The van der Waals surface area contributed by atoms with Crippen molar-refractivity contribution in [1.29, 1.82) is 0 Å². The van der Waals surface area contributed by atoms with E-state index in [0.29, 0.717) is 0 Å². The molecule has 2 N–H and O–H groups in total. The maximum Gasteiger partial charge on any atom is 0.104 e. The van der Waals surface area contributed by atoms with Crippen LogP contribution in [-0.4, -0.2) is 17.0 Å². The highest BCUT2D eigenvalue weighted by molar-refractivity contribution is 5.75. The smallest absolute Gasteiger partial charge is 0.104 e. The van der Waals surface area contributed by atoms with Gasteiger partial charge in [-0.2, -0.15) is 0 Å². The third-order valence-electron chi connectivity index (χ3n) is 3.48. The lowest BCUT2D eigenvalue weighted by Gasteiger charge is -2.04. The van der Waals surface area contributed by atoms with Gasteiger partial charge in [0, 0.05) is 6.54 Å². The maximum atomic E-state index is 4.43. The number of nitrogens with zero attached hydrogens (tertiary/aromatic N) is 1. The van der Waals surface area contributed by atoms with Crippen LogP contribution in [0, 0.1) is 6.92 Å². The molecule has 20 heavy (non-hydrogen) atoms. The number of hydrogen-bond donors (Lipinski definition) is 2. The molecule has 0 fully saturated rings. The van der Waals surface area contributed by atoms with Crippen LogP contribution in [0.4, 0.5) is 0 Å². The molecule has 102 valence electrons. The van der Waals surface area contributed by atoms with Crippen molar-refractivity contribution in [2.75, 3.05) is 7.05 Å². The van der Waals surface area contributed by atoms with E-state index in [1.807, 2.05) is 14.0 Å². The number of aromatic amines is 1. The molecule has 0 saturated carbocycles. The van der Waals surface area contributed by atoms with Gasteiger partial charge in [0.2, 0.25) is 0 Å². The Hall–Kier alpha value is -2.13. The summed E-state index contributed by atoms with van der Waals surface area (Å²) in [5.74, 6) is 0.966. The quantitative estimate of drug-likeness (QED) is 0.760. The Morgan fingerprint density at radius 2 is 1.70 bits per heavy atom. The monoisotopic (exact) mass is 265 g/mol. The molecule has 0 radical (unpaired) electrons. The topological polar surface area (TPSA) is 40.7 Å². The predicted molar refractivity (Wildman–Crippen MR) is 82.8 cm³/mol. The van der Waals surface area contributed by atoms with Crippen molar-refractivity contribution < 1.29 is 0 Å². The molecule has 0 saturated heterocycles. The normalized spacial score (nSPS) is 11.1. The van der Waals surface area contributed by atoms with E-state index < -0.39 is 0 Å². The third kappa shape index (κ3) is 2.73. The van der Waals surface area contributed by atoms with E-state index in [1.165, 1.54) is 16.7 Å². The van der Waals surface area contributed by atoms with E-state index in [0.717, 1.165) is 29.8 Å². The van der Waals surface area contributed by atoms with Gasteiger partial charge in [0.15, 0.2) is 0 Å². The number of imidazole rings is 1. The van der Waals surface area contributed by atoms with Gasteiger partial charge in [-0.15, -0.1) is 0 Å². The second kappa shape index (κ2) is 5.47. The average molecular weight is 265 g/mol. The Kier molecular flexibility index (Phi) is 3.52. The molecular formula is C17H19N3. The Labute approximate surface area is 119 Å². The molecule has 0 bridgehead atoms. The molecule has 1 aromatic heterocycles. The molecule has 1 heterocycles. The first kappa shape index (κ1) is 12.9. The predicted octanol–water partition coefficient (Wildman–Crippen LogP) is 3.18. The fourth-order valence-corrected chi connectivity index (χ4v) is 2.51. The number of H-pyrrole nitrogens is 1.